The van der Waals surface area contributed by atoms with Gasteiger partial charge in [-0.3, -0.25) is 4.98 Å². The van der Waals surface area contributed by atoms with Gasteiger partial charge in [0.05, 0.1) is 25.2 Å². The van der Waals surface area contributed by atoms with E-state index in [4.69, 9.17) is 0 Å². The molecule has 0 fully saturated rings. The fraction of sp³-hybridized carbons (Fsp3) is 0.100. The summed E-state index contributed by atoms with van der Waals surface area (Å²) in [6.07, 6.45) is 2.91. The molecule has 0 bridgehead atoms. The van der Waals surface area contributed by atoms with Crippen LogP contribution in [0, 0.1) is 0 Å². The van der Waals surface area contributed by atoms with Gasteiger partial charge >= 0.3 is 5.97 Å². The molecule has 0 aliphatic rings. The molecule has 2 aromatic heterocycles. The van der Waals surface area contributed by atoms with Crippen molar-refractivity contribution >= 4 is 28.8 Å². The third-order valence-corrected chi connectivity index (χ3v) is 2.51. The molecular weight excluding hydrogens is 226 g/mol. The molecule has 82 valence electrons. The molecule has 2 rings (SSSR count). The van der Waals surface area contributed by atoms with Gasteiger partial charge in [-0.05, 0) is 11.4 Å². The highest BCUT2D eigenvalue weighted by molar-refractivity contribution is 7.08. The first-order chi connectivity index (χ1) is 7.79. The van der Waals surface area contributed by atoms with Gasteiger partial charge in [0.25, 0.3) is 0 Å². The molecule has 0 unspecified atom stereocenters. The summed E-state index contributed by atoms with van der Waals surface area (Å²) in [6, 6.07) is 1.91. The summed E-state index contributed by atoms with van der Waals surface area (Å²) in [5, 5.41) is 6.91. The van der Waals surface area contributed by atoms with Crippen molar-refractivity contribution in [3.05, 3.63) is 34.9 Å². The van der Waals surface area contributed by atoms with Gasteiger partial charge in [0, 0.05) is 5.38 Å². The lowest BCUT2D eigenvalue weighted by molar-refractivity contribution is 0.0593. The van der Waals surface area contributed by atoms with Crippen molar-refractivity contribution in [2.75, 3.05) is 12.4 Å². The van der Waals surface area contributed by atoms with E-state index in [1.165, 1.54) is 13.3 Å². The van der Waals surface area contributed by atoms with Crippen LogP contribution in [-0.2, 0) is 4.74 Å². The zero-order chi connectivity index (χ0) is 11.4. The van der Waals surface area contributed by atoms with Crippen LogP contribution in [0.4, 0.5) is 11.5 Å². The average Bonchev–Trinajstić information content (AvgIpc) is 2.81. The van der Waals surface area contributed by atoms with Crippen molar-refractivity contribution in [2.45, 2.75) is 0 Å². The van der Waals surface area contributed by atoms with Gasteiger partial charge in [-0.2, -0.15) is 11.3 Å². The van der Waals surface area contributed by atoms with Gasteiger partial charge in [-0.25, -0.2) is 9.78 Å². The lowest BCUT2D eigenvalue weighted by atomic mass is 10.4. The molecule has 0 radical (unpaired) electrons. The Kier molecular flexibility index (Phi) is 3.11. The number of hydrogen-bond acceptors (Lipinski definition) is 6. The van der Waals surface area contributed by atoms with Gasteiger partial charge in [-0.15, -0.1) is 0 Å². The summed E-state index contributed by atoms with van der Waals surface area (Å²) in [6.45, 7) is 0. The van der Waals surface area contributed by atoms with E-state index in [2.05, 4.69) is 20.0 Å². The summed E-state index contributed by atoms with van der Waals surface area (Å²) in [4.78, 5) is 19.2. The van der Waals surface area contributed by atoms with Gasteiger partial charge in [0.1, 0.15) is 5.82 Å². The number of rotatable bonds is 3. The molecule has 0 spiro atoms. The van der Waals surface area contributed by atoms with E-state index in [-0.39, 0.29) is 5.69 Å². The maximum atomic E-state index is 11.2. The first-order valence-corrected chi connectivity index (χ1v) is 5.43. The molecule has 2 heterocycles. The van der Waals surface area contributed by atoms with E-state index in [0.717, 1.165) is 5.69 Å². The second kappa shape index (κ2) is 4.71. The van der Waals surface area contributed by atoms with Crippen LogP contribution in [0.3, 0.4) is 0 Å². The lowest BCUT2D eigenvalue weighted by Crippen LogP contribution is -2.06. The van der Waals surface area contributed by atoms with Gasteiger partial charge < -0.3 is 10.1 Å². The zero-order valence-electron chi connectivity index (χ0n) is 8.51. The standard InChI is InChI=1S/C10H9N3O2S/c1-15-10(14)8-4-11-5-9(13-8)12-7-2-3-16-6-7/h2-6H,1H3,(H,12,13). The average molecular weight is 235 g/mol. The molecule has 0 saturated heterocycles. The van der Waals surface area contributed by atoms with Crippen LogP contribution in [0.15, 0.2) is 29.2 Å². The fourth-order valence-electron chi connectivity index (χ4n) is 1.11. The van der Waals surface area contributed by atoms with E-state index >= 15 is 0 Å². The Bertz CT molecular complexity index is 485. The minimum absolute atomic E-state index is 0.183. The third kappa shape index (κ3) is 2.34. The number of nitrogens with one attached hydrogen (secondary N) is 1. The second-order valence-electron chi connectivity index (χ2n) is 2.92. The van der Waals surface area contributed by atoms with Gasteiger partial charge in [-0.1, -0.05) is 0 Å². The quantitative estimate of drug-likeness (QED) is 0.825. The summed E-state index contributed by atoms with van der Waals surface area (Å²) in [7, 11) is 1.31. The van der Waals surface area contributed by atoms with Gasteiger partial charge in [0.15, 0.2) is 5.69 Å². The SMILES string of the molecule is COC(=O)c1cncc(Nc2ccsc2)n1. The largest absolute Gasteiger partial charge is 0.464 e. The molecule has 16 heavy (non-hydrogen) atoms. The van der Waals surface area contributed by atoms with Crippen LogP contribution in [0.1, 0.15) is 10.5 Å². The van der Waals surface area contributed by atoms with Crippen molar-refractivity contribution in [3.8, 4) is 0 Å². The van der Waals surface area contributed by atoms with Crippen molar-refractivity contribution in [1.29, 1.82) is 0 Å². The maximum Gasteiger partial charge on any atom is 0.358 e. The van der Waals surface area contributed by atoms with Crippen LogP contribution >= 0.6 is 11.3 Å². The fourth-order valence-corrected chi connectivity index (χ4v) is 1.70. The molecule has 0 amide bonds. The molecule has 0 aliphatic heterocycles. The number of ether oxygens (including phenoxy) is 1. The summed E-state index contributed by atoms with van der Waals surface area (Å²) >= 11 is 1.57. The van der Waals surface area contributed by atoms with Crippen molar-refractivity contribution < 1.29 is 9.53 Å². The summed E-state index contributed by atoms with van der Waals surface area (Å²) < 4.78 is 4.56. The van der Waals surface area contributed by atoms with E-state index < -0.39 is 5.97 Å². The molecule has 1 N–H and O–H groups in total. The number of nitrogens with zero attached hydrogens (tertiary/aromatic N) is 2. The Hall–Kier alpha value is -1.95. The van der Waals surface area contributed by atoms with Crippen LogP contribution in [0.25, 0.3) is 0 Å². The van der Waals surface area contributed by atoms with Crippen molar-refractivity contribution in [3.63, 3.8) is 0 Å². The van der Waals surface area contributed by atoms with Crippen LogP contribution in [0.5, 0.6) is 0 Å². The number of carbonyl (C=O) groups excluding carboxylic acids is 1. The summed E-state index contributed by atoms with van der Waals surface area (Å²) in [5.74, 6) is 0.0165. The Morgan fingerprint density at radius 1 is 1.50 bits per heavy atom. The van der Waals surface area contributed by atoms with Crippen molar-refractivity contribution in [2.24, 2.45) is 0 Å². The normalized spacial score (nSPS) is 9.81. The monoisotopic (exact) mass is 235 g/mol. The number of aromatic nitrogens is 2. The van der Waals surface area contributed by atoms with E-state index in [0.29, 0.717) is 5.82 Å². The number of hydrogen-bond donors (Lipinski definition) is 1. The van der Waals surface area contributed by atoms with E-state index in [1.807, 2.05) is 16.8 Å². The predicted octanol–water partition coefficient (Wildman–Crippen LogP) is 2.07. The molecule has 0 saturated carbocycles. The minimum atomic E-state index is -0.499. The molecule has 0 atom stereocenters. The number of carbonyl (C=O) groups is 1. The summed E-state index contributed by atoms with van der Waals surface area (Å²) in [5.41, 5.74) is 1.10. The molecule has 0 aliphatic carbocycles. The molecular formula is C10H9N3O2S. The molecule has 6 heteroatoms. The predicted molar refractivity (Wildman–Crippen MR) is 61.0 cm³/mol. The lowest BCUT2D eigenvalue weighted by Gasteiger charge is -2.03. The number of esters is 1. The second-order valence-corrected chi connectivity index (χ2v) is 3.70. The molecule has 5 nitrogen and oxygen atoms in total. The van der Waals surface area contributed by atoms with Crippen LogP contribution in [0.2, 0.25) is 0 Å². The maximum absolute atomic E-state index is 11.2. The van der Waals surface area contributed by atoms with Crippen molar-refractivity contribution in [1.82, 2.24) is 9.97 Å². The Labute approximate surface area is 96.1 Å². The minimum Gasteiger partial charge on any atom is -0.464 e. The van der Waals surface area contributed by atoms with E-state index in [9.17, 15) is 4.79 Å². The Morgan fingerprint density at radius 3 is 3.06 bits per heavy atom. The van der Waals surface area contributed by atoms with Crippen LogP contribution < -0.4 is 5.32 Å². The number of methoxy groups -OCH3 is 1. The third-order valence-electron chi connectivity index (χ3n) is 1.82. The first kappa shape index (κ1) is 10.6. The Balaban J connectivity index is 2.19. The molecule has 2 aromatic rings. The highest BCUT2D eigenvalue weighted by Crippen LogP contribution is 2.16. The van der Waals surface area contributed by atoms with Gasteiger partial charge in [0.2, 0.25) is 0 Å². The highest BCUT2D eigenvalue weighted by Gasteiger charge is 2.08. The smallest absolute Gasteiger partial charge is 0.358 e. The zero-order valence-corrected chi connectivity index (χ0v) is 9.32. The van der Waals surface area contributed by atoms with Crippen LogP contribution in [-0.4, -0.2) is 23.0 Å². The van der Waals surface area contributed by atoms with E-state index in [1.54, 1.807) is 17.5 Å². The topological polar surface area (TPSA) is 64.1 Å². The first-order valence-electron chi connectivity index (χ1n) is 4.49. The number of thiophene rings is 1. The number of anilines is 2. The molecule has 0 aromatic carbocycles. The highest BCUT2D eigenvalue weighted by atomic mass is 32.1. The Morgan fingerprint density at radius 2 is 2.38 bits per heavy atom.